The Balaban J connectivity index is 1.27. The molecule has 1 amide bonds. The molecule has 1 aromatic heterocycles. The largest absolute Gasteiger partial charge is 0.497 e. The van der Waals surface area contributed by atoms with Crippen LogP contribution in [0.3, 0.4) is 0 Å². The maximum Gasteiger partial charge on any atom is 0.250 e. The molecule has 4 aromatic carbocycles. The number of rotatable bonds is 12. The number of aromatic nitrogens is 3. The normalized spacial score (nSPS) is 11.4. The number of nitrogens with zero attached hydrogens (tertiary/aromatic N) is 4. The Kier molecular flexibility index (Phi) is 10.4. The van der Waals surface area contributed by atoms with Crippen LogP contribution < -0.4 is 19.6 Å². The van der Waals surface area contributed by atoms with Gasteiger partial charge in [0.05, 0.1) is 26.2 Å². The molecule has 0 aliphatic carbocycles. The van der Waals surface area contributed by atoms with Gasteiger partial charge in [-0.2, -0.15) is 5.10 Å². The highest BCUT2D eigenvalue weighted by Gasteiger charge is 2.19. The van der Waals surface area contributed by atoms with Crippen LogP contribution in [0.1, 0.15) is 37.5 Å². The summed E-state index contributed by atoms with van der Waals surface area (Å²) < 4.78 is 18.7. The van der Waals surface area contributed by atoms with E-state index in [-0.39, 0.29) is 17.1 Å². The molecule has 1 heterocycles. The van der Waals surface area contributed by atoms with Crippen molar-refractivity contribution in [2.45, 2.75) is 37.9 Å². The van der Waals surface area contributed by atoms with E-state index in [4.69, 9.17) is 14.2 Å². The van der Waals surface area contributed by atoms with Gasteiger partial charge in [-0.15, -0.1) is 10.2 Å². The second-order valence-electron chi connectivity index (χ2n) is 11.4. The van der Waals surface area contributed by atoms with Gasteiger partial charge in [-0.1, -0.05) is 87.1 Å². The van der Waals surface area contributed by atoms with Crippen molar-refractivity contribution in [2.24, 2.45) is 5.10 Å². The van der Waals surface area contributed by atoms with Gasteiger partial charge in [0.25, 0.3) is 5.91 Å². The molecule has 9 nitrogen and oxygen atoms in total. The van der Waals surface area contributed by atoms with Crippen LogP contribution in [0.15, 0.2) is 107 Å². The molecule has 0 saturated carbocycles. The van der Waals surface area contributed by atoms with E-state index in [1.807, 2.05) is 71.3 Å². The lowest BCUT2D eigenvalue weighted by Gasteiger charge is -2.19. The molecule has 5 aromatic rings. The predicted molar refractivity (Wildman–Crippen MR) is 182 cm³/mol. The smallest absolute Gasteiger partial charge is 0.250 e. The maximum atomic E-state index is 12.8. The fourth-order valence-electron chi connectivity index (χ4n) is 4.60. The quantitative estimate of drug-likeness (QED) is 0.0889. The van der Waals surface area contributed by atoms with Crippen molar-refractivity contribution in [3.63, 3.8) is 0 Å². The molecule has 0 fully saturated rings. The summed E-state index contributed by atoms with van der Waals surface area (Å²) in [6.07, 6.45) is 1.57. The second-order valence-corrected chi connectivity index (χ2v) is 12.4. The lowest BCUT2D eigenvalue weighted by Crippen LogP contribution is -2.20. The number of hydrogen-bond donors (Lipinski definition) is 1. The summed E-state index contributed by atoms with van der Waals surface area (Å²) in [4.78, 5) is 12.8. The first-order valence-corrected chi connectivity index (χ1v) is 15.7. The van der Waals surface area contributed by atoms with Crippen LogP contribution in [-0.4, -0.2) is 46.9 Å². The van der Waals surface area contributed by atoms with Crippen LogP contribution in [0.25, 0.3) is 17.1 Å². The fourth-order valence-corrected chi connectivity index (χ4v) is 5.34. The molecule has 0 aliphatic rings. The number of amides is 1. The van der Waals surface area contributed by atoms with E-state index in [0.29, 0.717) is 29.1 Å². The lowest BCUT2D eigenvalue weighted by atomic mass is 9.87. The predicted octanol–water partition coefficient (Wildman–Crippen LogP) is 7.07. The summed E-state index contributed by atoms with van der Waals surface area (Å²) in [7, 11) is 3.23. The summed E-state index contributed by atoms with van der Waals surface area (Å²) in [5.41, 5.74) is 7.43. The number of benzene rings is 4. The van der Waals surface area contributed by atoms with Crippen molar-refractivity contribution in [1.82, 2.24) is 20.2 Å². The van der Waals surface area contributed by atoms with Crippen molar-refractivity contribution < 1.29 is 19.0 Å². The van der Waals surface area contributed by atoms with Crippen LogP contribution >= 0.6 is 11.8 Å². The molecule has 0 bridgehead atoms. The van der Waals surface area contributed by atoms with Gasteiger partial charge in [-0.25, -0.2) is 5.43 Å². The Morgan fingerprint density at radius 3 is 2.30 bits per heavy atom. The van der Waals surface area contributed by atoms with Gasteiger partial charge in [-0.05, 0) is 64.6 Å². The molecular formula is C36H37N5O4S. The minimum Gasteiger partial charge on any atom is -0.497 e. The molecule has 5 rings (SSSR count). The molecule has 0 unspecified atom stereocenters. The number of carbonyl (C=O) groups excluding carboxylic acids is 1. The average Bonchev–Trinajstić information content (AvgIpc) is 3.50. The molecule has 0 aliphatic heterocycles. The second kappa shape index (κ2) is 14.8. The molecule has 0 saturated heterocycles. The molecule has 1 N–H and O–H groups in total. The highest BCUT2D eigenvalue weighted by Crippen LogP contribution is 2.31. The molecule has 0 spiro atoms. The zero-order valence-corrected chi connectivity index (χ0v) is 27.4. The van der Waals surface area contributed by atoms with Crippen LogP contribution in [0, 0.1) is 0 Å². The van der Waals surface area contributed by atoms with Gasteiger partial charge < -0.3 is 14.2 Å². The van der Waals surface area contributed by atoms with E-state index in [2.05, 4.69) is 65.8 Å². The Labute approximate surface area is 273 Å². The van der Waals surface area contributed by atoms with Gasteiger partial charge in [0.2, 0.25) is 0 Å². The molecule has 46 heavy (non-hydrogen) atoms. The summed E-state index contributed by atoms with van der Waals surface area (Å²) in [5, 5.41) is 13.7. The van der Waals surface area contributed by atoms with Crippen LogP contribution in [-0.2, 0) is 16.8 Å². The topological polar surface area (TPSA) is 99.9 Å². The van der Waals surface area contributed by atoms with Crippen LogP contribution in [0.5, 0.6) is 17.2 Å². The number of carbonyl (C=O) groups is 1. The first-order chi connectivity index (χ1) is 22.2. The molecule has 236 valence electrons. The Morgan fingerprint density at radius 2 is 1.63 bits per heavy atom. The van der Waals surface area contributed by atoms with Crippen LogP contribution in [0.2, 0.25) is 0 Å². The number of methoxy groups -OCH3 is 2. The number of hydrazone groups is 1. The van der Waals surface area contributed by atoms with Crippen molar-refractivity contribution in [1.29, 1.82) is 0 Å². The summed E-state index contributed by atoms with van der Waals surface area (Å²) in [6, 6.07) is 31.3. The summed E-state index contributed by atoms with van der Waals surface area (Å²) in [5.74, 6) is 2.42. The van der Waals surface area contributed by atoms with Gasteiger partial charge in [0.15, 0.2) is 22.5 Å². The minimum absolute atomic E-state index is 0.0326. The third-order valence-electron chi connectivity index (χ3n) is 7.13. The van der Waals surface area contributed by atoms with E-state index in [1.54, 1.807) is 26.5 Å². The van der Waals surface area contributed by atoms with E-state index < -0.39 is 0 Å². The molecule has 0 atom stereocenters. The van der Waals surface area contributed by atoms with Crippen LogP contribution in [0.4, 0.5) is 0 Å². The van der Waals surface area contributed by atoms with Crippen molar-refractivity contribution >= 4 is 23.9 Å². The highest BCUT2D eigenvalue weighted by atomic mass is 32.2. The third-order valence-corrected chi connectivity index (χ3v) is 8.06. The summed E-state index contributed by atoms with van der Waals surface area (Å²) in [6.45, 7) is 6.95. The number of hydrogen-bond acceptors (Lipinski definition) is 8. The summed E-state index contributed by atoms with van der Waals surface area (Å²) >= 11 is 1.28. The number of ether oxygens (including phenoxy) is 3. The van der Waals surface area contributed by atoms with Crippen molar-refractivity contribution in [3.8, 4) is 34.3 Å². The number of thioether (sulfide) groups is 1. The van der Waals surface area contributed by atoms with Gasteiger partial charge in [0.1, 0.15) is 12.4 Å². The lowest BCUT2D eigenvalue weighted by molar-refractivity contribution is -0.118. The van der Waals surface area contributed by atoms with Gasteiger partial charge in [0, 0.05) is 11.3 Å². The molecule has 0 radical (unpaired) electrons. The van der Waals surface area contributed by atoms with Crippen molar-refractivity contribution in [2.75, 3.05) is 20.0 Å². The fraction of sp³-hybridized carbons (Fsp3) is 0.222. The Morgan fingerprint density at radius 1 is 0.891 bits per heavy atom. The third kappa shape index (κ3) is 8.13. The Bertz CT molecular complexity index is 1780. The van der Waals surface area contributed by atoms with E-state index in [1.165, 1.54) is 17.3 Å². The zero-order chi connectivity index (χ0) is 32.5. The standard InChI is InChI=1S/C36H37N5O4S/c1-36(2,3)28-14-12-27(13-15-28)34-39-40-35(41(34)29-16-18-30(43-4)19-17-29)46-24-33(42)38-37-22-26-11-20-31(44-5)32(21-26)45-23-25-9-7-6-8-10-25/h6-22H,23-24H2,1-5H3,(H,38,42). The maximum absolute atomic E-state index is 12.8. The van der Waals surface area contributed by atoms with Gasteiger partial charge >= 0.3 is 0 Å². The van der Waals surface area contributed by atoms with Crippen molar-refractivity contribution in [3.05, 3.63) is 114 Å². The van der Waals surface area contributed by atoms with E-state index >= 15 is 0 Å². The highest BCUT2D eigenvalue weighted by molar-refractivity contribution is 7.99. The van der Waals surface area contributed by atoms with Gasteiger partial charge in [-0.3, -0.25) is 9.36 Å². The first-order valence-electron chi connectivity index (χ1n) is 14.8. The van der Waals surface area contributed by atoms with E-state index in [0.717, 1.165) is 28.1 Å². The number of nitrogens with one attached hydrogen (secondary N) is 1. The monoisotopic (exact) mass is 635 g/mol. The first kappa shape index (κ1) is 32.3. The van der Waals surface area contributed by atoms with E-state index in [9.17, 15) is 4.79 Å². The molecule has 10 heteroatoms. The minimum atomic E-state index is -0.282. The molecular weight excluding hydrogens is 598 g/mol. The SMILES string of the molecule is COc1ccc(-n2c(SCC(=O)NN=Cc3ccc(OC)c(OCc4ccccc4)c3)nnc2-c2ccc(C(C)(C)C)cc2)cc1. The zero-order valence-electron chi connectivity index (χ0n) is 26.6. The Hall–Kier alpha value is -5.09. The average molecular weight is 636 g/mol.